The molecule has 0 saturated carbocycles. The van der Waals surface area contributed by atoms with Gasteiger partial charge in [0.05, 0.1) is 6.54 Å². The average molecular weight is 172 g/mol. The molecule has 4 heteroatoms. The second-order valence-electron chi connectivity index (χ2n) is 2.35. The summed E-state index contributed by atoms with van der Waals surface area (Å²) in [6.07, 6.45) is 0.548. The highest BCUT2D eigenvalue weighted by molar-refractivity contribution is 7.81. The molecule has 0 aromatic carbocycles. The Morgan fingerprint density at radius 2 is 2.55 bits per heavy atom. The monoisotopic (exact) mass is 172 g/mol. The Hall–Kier alpha value is -0.510. The van der Waals surface area contributed by atoms with Crippen LogP contribution in [0.25, 0.3) is 0 Å². The van der Waals surface area contributed by atoms with Crippen LogP contribution in [0.5, 0.6) is 0 Å². The third-order valence-electron chi connectivity index (χ3n) is 1.67. The van der Waals surface area contributed by atoms with E-state index in [1.54, 1.807) is 4.90 Å². The summed E-state index contributed by atoms with van der Waals surface area (Å²) < 4.78 is 0. The molecular formula is C7H12N2OS. The van der Waals surface area contributed by atoms with Crippen LogP contribution in [0.4, 0.5) is 0 Å². The lowest BCUT2D eigenvalue weighted by atomic mass is 10.4. The first-order chi connectivity index (χ1) is 5.29. The van der Waals surface area contributed by atoms with Gasteiger partial charge in [0.15, 0.2) is 0 Å². The Morgan fingerprint density at radius 3 is 3.09 bits per heavy atom. The van der Waals surface area contributed by atoms with Gasteiger partial charge in [-0.2, -0.15) is 12.6 Å². The highest BCUT2D eigenvalue weighted by Gasteiger charge is 2.20. The number of rotatable bonds is 2. The molecule has 0 bridgehead atoms. The highest BCUT2D eigenvalue weighted by atomic mass is 32.1. The zero-order chi connectivity index (χ0) is 8.27. The van der Waals surface area contributed by atoms with Gasteiger partial charge in [-0.3, -0.25) is 14.7 Å². The zero-order valence-corrected chi connectivity index (χ0v) is 7.47. The minimum Gasteiger partial charge on any atom is -0.298 e. The van der Waals surface area contributed by atoms with Crippen molar-refractivity contribution in [2.24, 2.45) is 4.99 Å². The normalized spacial score (nSPS) is 16.9. The second-order valence-corrected chi connectivity index (χ2v) is 2.67. The van der Waals surface area contributed by atoms with Crippen LogP contribution in [0.15, 0.2) is 4.99 Å². The molecule has 0 N–H and O–H groups in total. The number of aliphatic imine (C=N–C) groups is 1. The van der Waals surface area contributed by atoms with Crippen LogP contribution in [-0.4, -0.2) is 35.5 Å². The van der Waals surface area contributed by atoms with Gasteiger partial charge in [0.1, 0.15) is 5.84 Å². The maximum Gasteiger partial charge on any atom is 0.227 e. The Kier molecular flexibility index (Phi) is 2.93. The van der Waals surface area contributed by atoms with Crippen LogP contribution in [0, 0.1) is 0 Å². The van der Waals surface area contributed by atoms with Gasteiger partial charge >= 0.3 is 0 Å². The van der Waals surface area contributed by atoms with Crippen molar-refractivity contribution < 1.29 is 4.79 Å². The van der Waals surface area contributed by atoms with Crippen LogP contribution >= 0.6 is 12.6 Å². The molecule has 11 heavy (non-hydrogen) atoms. The van der Waals surface area contributed by atoms with Crippen LogP contribution in [0.1, 0.15) is 13.3 Å². The van der Waals surface area contributed by atoms with Crippen molar-refractivity contribution >= 4 is 24.4 Å². The van der Waals surface area contributed by atoms with E-state index in [1.165, 1.54) is 0 Å². The van der Waals surface area contributed by atoms with Crippen molar-refractivity contribution in [3.05, 3.63) is 0 Å². The molecule has 0 radical (unpaired) electrons. The maximum absolute atomic E-state index is 11.2. The molecule has 1 heterocycles. The number of thiol groups is 1. The summed E-state index contributed by atoms with van der Waals surface area (Å²) in [6, 6.07) is 0. The fourth-order valence-corrected chi connectivity index (χ4v) is 1.36. The lowest BCUT2D eigenvalue weighted by molar-refractivity contribution is -0.126. The largest absolute Gasteiger partial charge is 0.298 e. The standard InChI is InChI=1S/C7H12N2OS/c1-2-7(10)9-4-3-8-6(9)5-11/h11H,2-5H2,1H3. The molecule has 0 spiro atoms. The lowest BCUT2D eigenvalue weighted by Gasteiger charge is -2.15. The molecule has 0 aliphatic carbocycles. The Morgan fingerprint density at radius 1 is 1.82 bits per heavy atom. The van der Waals surface area contributed by atoms with Gasteiger partial charge in [-0.25, -0.2) is 0 Å². The smallest absolute Gasteiger partial charge is 0.227 e. The fourth-order valence-electron chi connectivity index (χ4n) is 1.09. The van der Waals surface area contributed by atoms with E-state index < -0.39 is 0 Å². The number of hydrogen-bond acceptors (Lipinski definition) is 3. The SMILES string of the molecule is CCC(=O)N1CCN=C1CS. The van der Waals surface area contributed by atoms with Gasteiger partial charge in [0, 0.05) is 18.7 Å². The highest BCUT2D eigenvalue weighted by Crippen LogP contribution is 2.04. The van der Waals surface area contributed by atoms with Crippen molar-refractivity contribution in [2.75, 3.05) is 18.8 Å². The lowest BCUT2D eigenvalue weighted by Crippen LogP contribution is -2.34. The maximum atomic E-state index is 11.2. The average Bonchev–Trinajstić information content (AvgIpc) is 2.50. The molecule has 3 nitrogen and oxygen atoms in total. The van der Waals surface area contributed by atoms with Crippen LogP contribution < -0.4 is 0 Å². The number of carbonyl (C=O) groups is 1. The molecule has 1 amide bonds. The summed E-state index contributed by atoms with van der Waals surface area (Å²) in [7, 11) is 0. The summed E-state index contributed by atoms with van der Waals surface area (Å²) >= 11 is 4.08. The van der Waals surface area contributed by atoms with Gasteiger partial charge in [-0.1, -0.05) is 6.92 Å². The van der Waals surface area contributed by atoms with Gasteiger partial charge < -0.3 is 0 Å². The van der Waals surface area contributed by atoms with E-state index in [4.69, 9.17) is 0 Å². The summed E-state index contributed by atoms with van der Waals surface area (Å²) in [5, 5.41) is 0. The second kappa shape index (κ2) is 3.76. The minimum atomic E-state index is 0.148. The molecule has 62 valence electrons. The number of nitrogens with zero attached hydrogens (tertiary/aromatic N) is 2. The number of carbonyl (C=O) groups excluding carboxylic acids is 1. The van der Waals surface area contributed by atoms with Gasteiger partial charge in [-0.05, 0) is 0 Å². The van der Waals surface area contributed by atoms with Crippen molar-refractivity contribution in [3.8, 4) is 0 Å². The van der Waals surface area contributed by atoms with E-state index in [0.717, 1.165) is 18.9 Å². The Balaban J connectivity index is 2.59. The molecule has 1 aliphatic rings. The molecule has 0 aromatic rings. The van der Waals surface area contributed by atoms with Crippen LogP contribution in [0.2, 0.25) is 0 Å². The fraction of sp³-hybridized carbons (Fsp3) is 0.714. The van der Waals surface area contributed by atoms with Gasteiger partial charge in [0.2, 0.25) is 5.91 Å². The third kappa shape index (κ3) is 1.74. The first kappa shape index (κ1) is 8.59. The summed E-state index contributed by atoms with van der Waals surface area (Å²) in [6.45, 7) is 3.33. The van der Waals surface area contributed by atoms with Crippen molar-refractivity contribution in [1.29, 1.82) is 0 Å². The quantitative estimate of drug-likeness (QED) is 0.607. The molecule has 0 saturated heterocycles. The molecular weight excluding hydrogens is 160 g/mol. The van der Waals surface area contributed by atoms with E-state index >= 15 is 0 Å². The Labute approximate surface area is 71.9 Å². The molecule has 1 rings (SSSR count). The van der Waals surface area contributed by atoms with E-state index in [9.17, 15) is 4.79 Å². The van der Waals surface area contributed by atoms with Crippen molar-refractivity contribution in [3.63, 3.8) is 0 Å². The van der Waals surface area contributed by atoms with Crippen molar-refractivity contribution in [1.82, 2.24) is 4.90 Å². The van der Waals surface area contributed by atoms with Crippen molar-refractivity contribution in [2.45, 2.75) is 13.3 Å². The van der Waals surface area contributed by atoms with E-state index in [0.29, 0.717) is 12.2 Å². The summed E-state index contributed by atoms with van der Waals surface area (Å²) in [5.74, 6) is 1.53. The number of amidine groups is 1. The predicted molar refractivity (Wildman–Crippen MR) is 48.2 cm³/mol. The number of hydrogen-bond donors (Lipinski definition) is 1. The van der Waals surface area contributed by atoms with Gasteiger partial charge in [-0.15, -0.1) is 0 Å². The molecule has 1 aliphatic heterocycles. The van der Waals surface area contributed by atoms with E-state index in [1.807, 2.05) is 6.92 Å². The molecule has 0 unspecified atom stereocenters. The molecule has 0 fully saturated rings. The molecule has 0 atom stereocenters. The minimum absolute atomic E-state index is 0.148. The molecule has 0 aromatic heterocycles. The Bertz CT molecular complexity index is 191. The summed E-state index contributed by atoms with van der Waals surface area (Å²) in [5.41, 5.74) is 0. The van der Waals surface area contributed by atoms with Gasteiger partial charge in [0.25, 0.3) is 0 Å². The zero-order valence-electron chi connectivity index (χ0n) is 6.58. The third-order valence-corrected chi connectivity index (χ3v) is 1.96. The van der Waals surface area contributed by atoms with E-state index in [2.05, 4.69) is 17.6 Å². The topological polar surface area (TPSA) is 32.7 Å². The van der Waals surface area contributed by atoms with Crippen LogP contribution in [0.3, 0.4) is 0 Å². The van der Waals surface area contributed by atoms with Crippen LogP contribution in [-0.2, 0) is 4.79 Å². The van der Waals surface area contributed by atoms with E-state index in [-0.39, 0.29) is 5.91 Å². The first-order valence-electron chi connectivity index (χ1n) is 3.74. The first-order valence-corrected chi connectivity index (χ1v) is 4.37. The number of amides is 1. The predicted octanol–water partition coefficient (Wildman–Crippen LogP) is 0.567. The summed E-state index contributed by atoms with van der Waals surface area (Å²) in [4.78, 5) is 17.1.